The summed E-state index contributed by atoms with van der Waals surface area (Å²) in [6, 6.07) is 0. The molecule has 0 aromatic heterocycles. The van der Waals surface area contributed by atoms with Gasteiger partial charge in [-0.2, -0.15) is 0 Å². The SMILES string of the molecule is CC(C=O)CC=CC(=O)O. The predicted octanol–water partition coefficient (Wildman–Crippen LogP) is 0.852. The first-order chi connectivity index (χ1) is 4.66. The Morgan fingerprint density at radius 2 is 2.30 bits per heavy atom. The van der Waals surface area contributed by atoms with Gasteiger partial charge in [0.25, 0.3) is 0 Å². The predicted molar refractivity (Wildman–Crippen MR) is 36.6 cm³/mol. The number of rotatable bonds is 4. The lowest BCUT2D eigenvalue weighted by Crippen LogP contribution is -1.93. The summed E-state index contributed by atoms with van der Waals surface area (Å²) in [5, 5.41) is 8.12. The zero-order chi connectivity index (χ0) is 7.98. The molecule has 0 rings (SSSR count). The maximum Gasteiger partial charge on any atom is 0.327 e. The smallest absolute Gasteiger partial charge is 0.327 e. The maximum atomic E-state index is 10.00. The Morgan fingerprint density at radius 1 is 1.70 bits per heavy atom. The normalized spacial score (nSPS) is 13.3. The molecule has 0 fully saturated rings. The average Bonchev–Trinajstić information content (AvgIpc) is 1.87. The second kappa shape index (κ2) is 4.73. The fourth-order valence-electron chi connectivity index (χ4n) is 0.439. The van der Waals surface area contributed by atoms with E-state index in [1.807, 2.05) is 0 Å². The molecule has 0 aromatic rings. The number of carbonyl (C=O) groups is 2. The number of carboxylic acids is 1. The molecule has 0 amide bonds. The van der Waals surface area contributed by atoms with E-state index in [0.717, 1.165) is 12.4 Å². The van der Waals surface area contributed by atoms with Crippen molar-refractivity contribution >= 4 is 12.3 Å². The Labute approximate surface area is 59.4 Å². The van der Waals surface area contributed by atoms with Gasteiger partial charge in [-0.25, -0.2) is 4.79 Å². The number of carboxylic acid groups (broad SMARTS) is 1. The van der Waals surface area contributed by atoms with Crippen LogP contribution in [0.5, 0.6) is 0 Å². The lowest BCUT2D eigenvalue weighted by molar-refractivity contribution is -0.131. The Morgan fingerprint density at radius 3 is 2.70 bits per heavy atom. The number of aliphatic carboxylic acids is 1. The van der Waals surface area contributed by atoms with Crippen LogP contribution in [-0.4, -0.2) is 17.4 Å². The molecule has 0 radical (unpaired) electrons. The van der Waals surface area contributed by atoms with E-state index in [-0.39, 0.29) is 5.92 Å². The van der Waals surface area contributed by atoms with Gasteiger partial charge >= 0.3 is 5.97 Å². The average molecular weight is 142 g/mol. The maximum absolute atomic E-state index is 10.00. The third-order valence-corrected chi connectivity index (χ3v) is 1.00. The molecule has 0 aliphatic heterocycles. The number of aldehydes is 1. The van der Waals surface area contributed by atoms with Gasteiger partial charge in [0.05, 0.1) is 0 Å². The molecule has 0 spiro atoms. The van der Waals surface area contributed by atoms with Crippen molar-refractivity contribution in [3.8, 4) is 0 Å². The molecule has 3 heteroatoms. The van der Waals surface area contributed by atoms with Gasteiger partial charge in [-0.15, -0.1) is 0 Å². The second-order valence-electron chi connectivity index (χ2n) is 2.09. The highest BCUT2D eigenvalue weighted by molar-refractivity contribution is 5.79. The summed E-state index contributed by atoms with van der Waals surface area (Å²) < 4.78 is 0. The molecule has 0 aromatic carbocycles. The first-order valence-electron chi connectivity index (χ1n) is 3.01. The minimum absolute atomic E-state index is 0.0874. The fraction of sp³-hybridized carbons (Fsp3) is 0.429. The van der Waals surface area contributed by atoms with E-state index in [2.05, 4.69) is 0 Å². The van der Waals surface area contributed by atoms with Crippen LogP contribution in [0, 0.1) is 5.92 Å². The second-order valence-corrected chi connectivity index (χ2v) is 2.09. The van der Waals surface area contributed by atoms with Crippen molar-refractivity contribution in [3.63, 3.8) is 0 Å². The van der Waals surface area contributed by atoms with Crippen molar-refractivity contribution in [2.24, 2.45) is 5.92 Å². The first-order valence-corrected chi connectivity index (χ1v) is 3.01. The van der Waals surface area contributed by atoms with Crippen molar-refractivity contribution in [1.82, 2.24) is 0 Å². The van der Waals surface area contributed by atoms with Crippen LogP contribution in [0.4, 0.5) is 0 Å². The molecule has 0 saturated carbocycles. The van der Waals surface area contributed by atoms with Crippen LogP contribution in [0.3, 0.4) is 0 Å². The van der Waals surface area contributed by atoms with E-state index in [1.54, 1.807) is 6.92 Å². The largest absolute Gasteiger partial charge is 0.478 e. The van der Waals surface area contributed by atoms with Gasteiger partial charge in [0.1, 0.15) is 6.29 Å². The van der Waals surface area contributed by atoms with E-state index in [9.17, 15) is 9.59 Å². The molecule has 1 N–H and O–H groups in total. The highest BCUT2D eigenvalue weighted by atomic mass is 16.4. The molecule has 0 bridgehead atoms. The summed E-state index contributed by atoms with van der Waals surface area (Å²) in [6.07, 6.45) is 3.81. The van der Waals surface area contributed by atoms with Gasteiger partial charge in [-0.3, -0.25) is 0 Å². The van der Waals surface area contributed by atoms with Gasteiger partial charge in [0.2, 0.25) is 0 Å². The summed E-state index contributed by atoms with van der Waals surface area (Å²) in [7, 11) is 0. The fourth-order valence-corrected chi connectivity index (χ4v) is 0.439. The van der Waals surface area contributed by atoms with E-state index < -0.39 is 5.97 Å². The molecule has 0 saturated heterocycles. The topological polar surface area (TPSA) is 54.4 Å². The van der Waals surface area contributed by atoms with Gasteiger partial charge in [-0.05, 0) is 6.42 Å². The van der Waals surface area contributed by atoms with Crippen molar-refractivity contribution in [2.75, 3.05) is 0 Å². The summed E-state index contributed by atoms with van der Waals surface area (Å²) in [6.45, 7) is 1.74. The number of carbonyl (C=O) groups excluding carboxylic acids is 1. The van der Waals surface area contributed by atoms with Gasteiger partial charge < -0.3 is 9.90 Å². The van der Waals surface area contributed by atoms with E-state index in [4.69, 9.17) is 5.11 Å². The van der Waals surface area contributed by atoms with Crippen LogP contribution in [0.1, 0.15) is 13.3 Å². The molecule has 1 unspecified atom stereocenters. The quantitative estimate of drug-likeness (QED) is 0.467. The summed E-state index contributed by atoms with van der Waals surface area (Å²) in [5.74, 6) is -1.06. The highest BCUT2D eigenvalue weighted by Gasteiger charge is 1.94. The molecule has 1 atom stereocenters. The van der Waals surface area contributed by atoms with Crippen LogP contribution in [-0.2, 0) is 9.59 Å². The van der Waals surface area contributed by atoms with E-state index in [1.165, 1.54) is 6.08 Å². The minimum Gasteiger partial charge on any atom is -0.478 e. The van der Waals surface area contributed by atoms with Crippen LogP contribution >= 0.6 is 0 Å². The molecule has 10 heavy (non-hydrogen) atoms. The molecule has 56 valence electrons. The van der Waals surface area contributed by atoms with E-state index in [0.29, 0.717) is 6.42 Å². The molecule has 0 heterocycles. The Balaban J connectivity index is 3.52. The lowest BCUT2D eigenvalue weighted by Gasteiger charge is -1.93. The standard InChI is InChI=1S/C7H10O3/c1-6(5-8)3-2-4-7(9)10/h2,4-6H,3H2,1H3,(H,9,10). The molecular weight excluding hydrogens is 132 g/mol. The molecule has 0 aliphatic rings. The zero-order valence-electron chi connectivity index (χ0n) is 5.78. The van der Waals surface area contributed by atoms with Crippen LogP contribution in [0.25, 0.3) is 0 Å². The molecule has 0 aliphatic carbocycles. The Bertz CT molecular complexity index is 149. The Kier molecular flexibility index (Phi) is 4.20. The third-order valence-electron chi connectivity index (χ3n) is 1.00. The van der Waals surface area contributed by atoms with Crippen molar-refractivity contribution in [2.45, 2.75) is 13.3 Å². The number of hydrogen-bond acceptors (Lipinski definition) is 2. The zero-order valence-corrected chi connectivity index (χ0v) is 5.78. The summed E-state index contributed by atoms with van der Waals surface area (Å²) in [5.41, 5.74) is 0. The lowest BCUT2D eigenvalue weighted by atomic mass is 10.1. The summed E-state index contributed by atoms with van der Waals surface area (Å²) >= 11 is 0. The Hall–Kier alpha value is -1.12. The summed E-state index contributed by atoms with van der Waals surface area (Å²) in [4.78, 5) is 19.9. The third kappa shape index (κ3) is 5.03. The van der Waals surface area contributed by atoms with Crippen LogP contribution in [0.15, 0.2) is 12.2 Å². The minimum atomic E-state index is -0.974. The van der Waals surface area contributed by atoms with Crippen molar-refractivity contribution < 1.29 is 14.7 Å². The number of allylic oxidation sites excluding steroid dienone is 1. The molecular formula is C7H10O3. The molecule has 3 nitrogen and oxygen atoms in total. The van der Waals surface area contributed by atoms with Gasteiger partial charge in [0, 0.05) is 12.0 Å². The first kappa shape index (κ1) is 8.88. The highest BCUT2D eigenvalue weighted by Crippen LogP contribution is 1.97. The number of hydrogen-bond donors (Lipinski definition) is 1. The van der Waals surface area contributed by atoms with Gasteiger partial charge in [-0.1, -0.05) is 13.0 Å². The van der Waals surface area contributed by atoms with Gasteiger partial charge in [0.15, 0.2) is 0 Å². The van der Waals surface area contributed by atoms with E-state index >= 15 is 0 Å². The van der Waals surface area contributed by atoms with Crippen LogP contribution < -0.4 is 0 Å². The van der Waals surface area contributed by atoms with Crippen LogP contribution in [0.2, 0.25) is 0 Å². The monoisotopic (exact) mass is 142 g/mol. The van der Waals surface area contributed by atoms with Crippen molar-refractivity contribution in [3.05, 3.63) is 12.2 Å². The van der Waals surface area contributed by atoms with Crippen molar-refractivity contribution in [1.29, 1.82) is 0 Å².